The zero-order valence-electron chi connectivity index (χ0n) is 7.39. The Kier molecular flexibility index (Phi) is 4.99. The van der Waals surface area contributed by atoms with Gasteiger partial charge in [-0.2, -0.15) is 0 Å². The number of rotatable bonds is 4. The van der Waals surface area contributed by atoms with Gasteiger partial charge in [-0.3, -0.25) is 4.99 Å². The molecule has 0 saturated carbocycles. The van der Waals surface area contributed by atoms with Crippen molar-refractivity contribution in [2.45, 2.75) is 46.2 Å². The molecule has 0 aliphatic carbocycles. The number of hydrogen-bond acceptors (Lipinski definition) is 1. The van der Waals surface area contributed by atoms with Crippen LogP contribution in [0.3, 0.4) is 0 Å². The fraction of sp³-hybridized carbons (Fsp3) is 0.875. The summed E-state index contributed by atoms with van der Waals surface area (Å²) >= 11 is 0. The van der Waals surface area contributed by atoms with E-state index in [9.17, 15) is 0 Å². The zero-order chi connectivity index (χ0) is 7.98. The van der Waals surface area contributed by atoms with Gasteiger partial charge in [-0.1, -0.05) is 6.92 Å². The number of nitrogens with zero attached hydrogens (tertiary/aromatic N) is 1. The van der Waals surface area contributed by atoms with Crippen LogP contribution < -0.4 is 5.32 Å². The number of nitrogens with one attached hydrogen (secondary N) is 1. The summed E-state index contributed by atoms with van der Waals surface area (Å²) in [6.45, 7) is 8.45. The Labute approximate surface area is 63.7 Å². The molecule has 10 heavy (non-hydrogen) atoms. The highest BCUT2D eigenvalue weighted by Crippen LogP contribution is 1.91. The molecule has 1 N–H and O–H groups in total. The van der Waals surface area contributed by atoms with Crippen LogP contribution in [-0.2, 0) is 0 Å². The fourth-order valence-corrected chi connectivity index (χ4v) is 0.425. The van der Waals surface area contributed by atoms with Crippen molar-refractivity contribution in [1.82, 2.24) is 5.32 Å². The highest BCUT2D eigenvalue weighted by Gasteiger charge is 1.90. The van der Waals surface area contributed by atoms with Gasteiger partial charge in [0.15, 0.2) is 0 Å². The summed E-state index contributed by atoms with van der Waals surface area (Å²) in [5, 5.41) is 3.12. The summed E-state index contributed by atoms with van der Waals surface area (Å²) < 4.78 is 0. The highest BCUT2D eigenvalue weighted by molar-refractivity contribution is 5.54. The molecule has 0 aromatic heterocycles. The second-order valence-electron chi connectivity index (χ2n) is 2.86. The van der Waals surface area contributed by atoms with Crippen molar-refractivity contribution in [2.24, 2.45) is 4.99 Å². The van der Waals surface area contributed by atoms with Gasteiger partial charge in [0, 0.05) is 12.1 Å². The quantitative estimate of drug-likeness (QED) is 0.470. The van der Waals surface area contributed by atoms with E-state index in [1.54, 1.807) is 6.34 Å². The molecule has 0 aromatic carbocycles. The molecule has 2 nitrogen and oxygen atoms in total. The first-order valence-corrected chi connectivity index (χ1v) is 3.94. The average Bonchev–Trinajstić information content (AvgIpc) is 1.87. The number of hydrogen-bond donors (Lipinski definition) is 1. The molecule has 0 saturated heterocycles. The lowest BCUT2D eigenvalue weighted by Crippen LogP contribution is -2.21. The SMILES string of the molecule is CCC(C)N=CNC(C)C. The van der Waals surface area contributed by atoms with Gasteiger partial charge in [0.25, 0.3) is 0 Å². The lowest BCUT2D eigenvalue weighted by Gasteiger charge is -2.04. The summed E-state index contributed by atoms with van der Waals surface area (Å²) in [6, 6.07) is 0.944. The van der Waals surface area contributed by atoms with Crippen molar-refractivity contribution in [3.05, 3.63) is 0 Å². The van der Waals surface area contributed by atoms with Crippen LogP contribution >= 0.6 is 0 Å². The van der Waals surface area contributed by atoms with Crippen molar-refractivity contribution in [1.29, 1.82) is 0 Å². The van der Waals surface area contributed by atoms with Crippen molar-refractivity contribution < 1.29 is 0 Å². The predicted octanol–water partition coefficient (Wildman–Crippen LogP) is 1.81. The summed E-state index contributed by atoms with van der Waals surface area (Å²) in [6.07, 6.45) is 2.91. The summed E-state index contributed by atoms with van der Waals surface area (Å²) in [5.41, 5.74) is 0. The normalized spacial score (nSPS) is 14.5. The van der Waals surface area contributed by atoms with E-state index in [0.717, 1.165) is 6.42 Å². The molecule has 2 heteroatoms. The van der Waals surface area contributed by atoms with Crippen molar-refractivity contribution in [3.63, 3.8) is 0 Å². The molecule has 0 heterocycles. The lowest BCUT2D eigenvalue weighted by atomic mass is 10.3. The monoisotopic (exact) mass is 142 g/mol. The van der Waals surface area contributed by atoms with Crippen LogP contribution in [-0.4, -0.2) is 18.4 Å². The maximum absolute atomic E-state index is 4.25. The average molecular weight is 142 g/mol. The maximum Gasteiger partial charge on any atom is 0.0829 e. The van der Waals surface area contributed by atoms with E-state index < -0.39 is 0 Å². The fourth-order valence-electron chi connectivity index (χ4n) is 0.425. The maximum atomic E-state index is 4.25. The topological polar surface area (TPSA) is 24.4 Å². The first-order valence-electron chi connectivity index (χ1n) is 3.94. The van der Waals surface area contributed by atoms with Gasteiger partial charge in [-0.15, -0.1) is 0 Å². The van der Waals surface area contributed by atoms with Gasteiger partial charge >= 0.3 is 0 Å². The third-order valence-corrected chi connectivity index (χ3v) is 1.33. The van der Waals surface area contributed by atoms with Crippen LogP contribution in [0.15, 0.2) is 4.99 Å². The molecule has 1 unspecified atom stereocenters. The molecule has 0 aliphatic rings. The molecule has 60 valence electrons. The Balaban J connectivity index is 3.36. The molecule has 0 aliphatic heterocycles. The van der Waals surface area contributed by atoms with E-state index >= 15 is 0 Å². The Bertz CT molecular complexity index is 97.4. The molecule has 0 fully saturated rings. The molecule has 0 bridgehead atoms. The Morgan fingerprint density at radius 3 is 2.40 bits per heavy atom. The van der Waals surface area contributed by atoms with Gasteiger partial charge in [-0.05, 0) is 27.2 Å². The number of aliphatic imine (C=N–C) groups is 1. The Morgan fingerprint density at radius 2 is 2.00 bits per heavy atom. The third-order valence-electron chi connectivity index (χ3n) is 1.33. The second-order valence-corrected chi connectivity index (χ2v) is 2.86. The largest absolute Gasteiger partial charge is 0.374 e. The van der Waals surface area contributed by atoms with Crippen LogP contribution in [0.5, 0.6) is 0 Å². The molecule has 1 atom stereocenters. The van der Waals surface area contributed by atoms with Crippen LogP contribution in [0.1, 0.15) is 34.1 Å². The molecule has 0 amide bonds. The van der Waals surface area contributed by atoms with E-state index in [4.69, 9.17) is 0 Å². The summed E-state index contributed by atoms with van der Waals surface area (Å²) in [7, 11) is 0. The smallest absolute Gasteiger partial charge is 0.0829 e. The minimum atomic E-state index is 0.450. The summed E-state index contributed by atoms with van der Waals surface area (Å²) in [5.74, 6) is 0. The van der Waals surface area contributed by atoms with Gasteiger partial charge in [0.1, 0.15) is 0 Å². The van der Waals surface area contributed by atoms with E-state index in [2.05, 4.69) is 38.0 Å². The van der Waals surface area contributed by atoms with Crippen molar-refractivity contribution >= 4 is 6.34 Å². The van der Waals surface area contributed by atoms with Crippen LogP contribution in [0.25, 0.3) is 0 Å². The van der Waals surface area contributed by atoms with Crippen LogP contribution in [0, 0.1) is 0 Å². The second kappa shape index (κ2) is 5.27. The van der Waals surface area contributed by atoms with Crippen molar-refractivity contribution in [2.75, 3.05) is 0 Å². The van der Waals surface area contributed by atoms with E-state index in [0.29, 0.717) is 12.1 Å². The van der Waals surface area contributed by atoms with Crippen molar-refractivity contribution in [3.8, 4) is 0 Å². The standard InChI is InChI=1S/C8H18N2/c1-5-8(4)10-6-9-7(2)3/h6-8H,5H2,1-4H3,(H,9,10). The van der Waals surface area contributed by atoms with Crippen LogP contribution in [0.2, 0.25) is 0 Å². The predicted molar refractivity (Wildman–Crippen MR) is 46.5 cm³/mol. The van der Waals surface area contributed by atoms with Gasteiger partial charge < -0.3 is 5.32 Å². The molecule has 0 radical (unpaired) electrons. The van der Waals surface area contributed by atoms with Gasteiger partial charge in [0.05, 0.1) is 6.34 Å². The minimum Gasteiger partial charge on any atom is -0.374 e. The Hall–Kier alpha value is -0.530. The molecule has 0 rings (SSSR count). The molecule has 0 spiro atoms. The lowest BCUT2D eigenvalue weighted by molar-refractivity contribution is 0.696. The zero-order valence-corrected chi connectivity index (χ0v) is 7.39. The highest BCUT2D eigenvalue weighted by atomic mass is 15.0. The third kappa shape index (κ3) is 5.60. The minimum absolute atomic E-state index is 0.450. The van der Waals surface area contributed by atoms with Gasteiger partial charge in [0.2, 0.25) is 0 Å². The van der Waals surface area contributed by atoms with Crippen LogP contribution in [0.4, 0.5) is 0 Å². The Morgan fingerprint density at radius 1 is 1.40 bits per heavy atom. The summed E-state index contributed by atoms with van der Waals surface area (Å²) in [4.78, 5) is 4.25. The first-order chi connectivity index (χ1) is 4.66. The molecular formula is C8H18N2. The van der Waals surface area contributed by atoms with E-state index in [1.807, 2.05) is 0 Å². The molecular weight excluding hydrogens is 124 g/mol. The van der Waals surface area contributed by atoms with Gasteiger partial charge in [-0.25, -0.2) is 0 Å². The molecule has 0 aromatic rings. The first kappa shape index (κ1) is 9.47. The van der Waals surface area contributed by atoms with E-state index in [-0.39, 0.29) is 0 Å². The van der Waals surface area contributed by atoms with E-state index in [1.165, 1.54) is 0 Å².